The maximum absolute atomic E-state index is 6.19. The largest absolute Gasteiger partial charge is 0.494 e. The Bertz CT molecular complexity index is 351. The number of hydrogen-bond acceptors (Lipinski definition) is 2. The zero-order valence-electron chi connectivity index (χ0n) is 10.7. The Morgan fingerprint density at radius 3 is 2.88 bits per heavy atom. The second-order valence-electron chi connectivity index (χ2n) is 4.99. The van der Waals surface area contributed by atoms with Crippen LogP contribution in [-0.2, 0) is 6.42 Å². The van der Waals surface area contributed by atoms with E-state index in [1.54, 1.807) is 0 Å². The third-order valence-corrected chi connectivity index (χ3v) is 3.68. The summed E-state index contributed by atoms with van der Waals surface area (Å²) in [7, 11) is 0. The van der Waals surface area contributed by atoms with E-state index in [1.807, 2.05) is 13.0 Å². The van der Waals surface area contributed by atoms with Crippen molar-refractivity contribution in [2.45, 2.75) is 45.1 Å². The van der Waals surface area contributed by atoms with Gasteiger partial charge in [-0.1, -0.05) is 25.0 Å². The molecule has 2 nitrogen and oxygen atoms in total. The van der Waals surface area contributed by atoms with Crippen LogP contribution < -0.4 is 10.5 Å². The Morgan fingerprint density at radius 2 is 2.12 bits per heavy atom. The molecule has 2 unspecified atom stereocenters. The highest BCUT2D eigenvalue weighted by atomic mass is 16.5. The van der Waals surface area contributed by atoms with Crippen LogP contribution in [0.25, 0.3) is 0 Å². The molecule has 1 saturated carbocycles. The highest BCUT2D eigenvalue weighted by Crippen LogP contribution is 2.27. The lowest BCUT2D eigenvalue weighted by Crippen LogP contribution is -2.34. The van der Waals surface area contributed by atoms with Crippen molar-refractivity contribution in [3.05, 3.63) is 29.8 Å². The molecule has 2 N–H and O–H groups in total. The van der Waals surface area contributed by atoms with Gasteiger partial charge in [0.05, 0.1) is 6.61 Å². The molecule has 0 saturated heterocycles. The average Bonchev–Trinajstić information content (AvgIpc) is 2.33. The number of benzene rings is 1. The zero-order chi connectivity index (χ0) is 12.1. The van der Waals surface area contributed by atoms with Gasteiger partial charge in [-0.3, -0.25) is 0 Å². The number of hydrogen-bond donors (Lipinski definition) is 1. The van der Waals surface area contributed by atoms with Crippen molar-refractivity contribution < 1.29 is 4.74 Å². The van der Waals surface area contributed by atoms with Gasteiger partial charge in [-0.05, 0) is 49.8 Å². The molecule has 0 spiro atoms. The maximum Gasteiger partial charge on any atom is 0.119 e. The van der Waals surface area contributed by atoms with Gasteiger partial charge in [0.25, 0.3) is 0 Å². The van der Waals surface area contributed by atoms with Crippen molar-refractivity contribution in [1.82, 2.24) is 0 Å². The van der Waals surface area contributed by atoms with Crippen LogP contribution in [0.3, 0.4) is 0 Å². The molecule has 17 heavy (non-hydrogen) atoms. The van der Waals surface area contributed by atoms with E-state index in [4.69, 9.17) is 10.5 Å². The van der Waals surface area contributed by atoms with E-state index in [1.165, 1.54) is 31.2 Å². The summed E-state index contributed by atoms with van der Waals surface area (Å²) < 4.78 is 5.53. The van der Waals surface area contributed by atoms with E-state index in [0.717, 1.165) is 18.8 Å². The van der Waals surface area contributed by atoms with Crippen LogP contribution in [-0.4, -0.2) is 12.6 Å². The summed E-state index contributed by atoms with van der Waals surface area (Å²) in [6.45, 7) is 2.75. The summed E-state index contributed by atoms with van der Waals surface area (Å²) >= 11 is 0. The highest BCUT2D eigenvalue weighted by molar-refractivity contribution is 5.29. The standard InChI is InChI=1S/C15H23NO/c1-2-17-14-8-5-6-12(11-14)10-13-7-3-4-9-15(13)16/h5-6,8,11,13,15H,2-4,7,9-10,16H2,1H3. The quantitative estimate of drug-likeness (QED) is 0.867. The normalized spacial score (nSPS) is 24.6. The highest BCUT2D eigenvalue weighted by Gasteiger charge is 2.21. The first-order chi connectivity index (χ1) is 8.29. The fourth-order valence-electron chi connectivity index (χ4n) is 2.72. The second kappa shape index (κ2) is 6.06. The summed E-state index contributed by atoms with van der Waals surface area (Å²) in [5.74, 6) is 1.63. The van der Waals surface area contributed by atoms with E-state index in [-0.39, 0.29) is 0 Å². The van der Waals surface area contributed by atoms with Crippen LogP contribution in [0.4, 0.5) is 0 Å². The Hall–Kier alpha value is -1.02. The molecule has 0 aliphatic heterocycles. The van der Waals surface area contributed by atoms with Gasteiger partial charge >= 0.3 is 0 Å². The minimum Gasteiger partial charge on any atom is -0.494 e. The van der Waals surface area contributed by atoms with E-state index in [9.17, 15) is 0 Å². The molecular weight excluding hydrogens is 210 g/mol. The lowest BCUT2D eigenvalue weighted by atomic mass is 9.81. The molecule has 0 bridgehead atoms. The van der Waals surface area contributed by atoms with Gasteiger partial charge in [0.2, 0.25) is 0 Å². The molecule has 1 aromatic carbocycles. The Morgan fingerprint density at radius 1 is 1.29 bits per heavy atom. The molecular formula is C15H23NO. The first kappa shape index (κ1) is 12.4. The van der Waals surface area contributed by atoms with Crippen molar-refractivity contribution in [2.75, 3.05) is 6.61 Å². The van der Waals surface area contributed by atoms with Gasteiger partial charge in [0.1, 0.15) is 5.75 Å². The summed E-state index contributed by atoms with van der Waals surface area (Å²) in [4.78, 5) is 0. The molecule has 0 amide bonds. The van der Waals surface area contributed by atoms with Gasteiger partial charge < -0.3 is 10.5 Å². The molecule has 1 aliphatic carbocycles. The number of nitrogens with two attached hydrogens (primary N) is 1. The summed E-state index contributed by atoms with van der Waals surface area (Å²) in [6.07, 6.45) is 6.21. The predicted octanol–water partition coefficient (Wildman–Crippen LogP) is 3.15. The minimum absolute atomic E-state index is 0.388. The molecule has 2 heteroatoms. The van der Waals surface area contributed by atoms with Crippen LogP contribution in [0, 0.1) is 5.92 Å². The molecule has 1 fully saturated rings. The maximum atomic E-state index is 6.19. The third kappa shape index (κ3) is 3.47. The topological polar surface area (TPSA) is 35.2 Å². The van der Waals surface area contributed by atoms with Gasteiger partial charge in [0, 0.05) is 6.04 Å². The molecule has 2 atom stereocenters. The summed E-state index contributed by atoms with van der Waals surface area (Å²) in [5.41, 5.74) is 7.55. The van der Waals surface area contributed by atoms with Crippen molar-refractivity contribution in [3.63, 3.8) is 0 Å². The average molecular weight is 233 g/mol. The van der Waals surface area contributed by atoms with Crippen LogP contribution in [0.1, 0.15) is 38.2 Å². The molecule has 1 aliphatic rings. The SMILES string of the molecule is CCOc1cccc(CC2CCCCC2N)c1. The fraction of sp³-hybridized carbons (Fsp3) is 0.600. The van der Waals surface area contributed by atoms with Crippen LogP contribution in [0.5, 0.6) is 5.75 Å². The van der Waals surface area contributed by atoms with Gasteiger partial charge in [-0.15, -0.1) is 0 Å². The molecule has 1 aromatic rings. The molecule has 2 rings (SSSR count). The van der Waals surface area contributed by atoms with Crippen LogP contribution >= 0.6 is 0 Å². The first-order valence-corrected chi connectivity index (χ1v) is 6.77. The van der Waals surface area contributed by atoms with Gasteiger partial charge in [-0.2, -0.15) is 0 Å². The van der Waals surface area contributed by atoms with Crippen LogP contribution in [0.15, 0.2) is 24.3 Å². The molecule has 0 aromatic heterocycles. The number of rotatable bonds is 4. The van der Waals surface area contributed by atoms with Crippen LogP contribution in [0.2, 0.25) is 0 Å². The zero-order valence-corrected chi connectivity index (χ0v) is 10.7. The van der Waals surface area contributed by atoms with Gasteiger partial charge in [0.15, 0.2) is 0 Å². The summed E-state index contributed by atoms with van der Waals surface area (Å²) in [5, 5.41) is 0. The lowest BCUT2D eigenvalue weighted by Gasteiger charge is -2.28. The van der Waals surface area contributed by atoms with Crippen molar-refractivity contribution in [3.8, 4) is 5.75 Å². The number of ether oxygens (including phenoxy) is 1. The van der Waals surface area contributed by atoms with E-state index in [2.05, 4.69) is 18.2 Å². The van der Waals surface area contributed by atoms with Crippen molar-refractivity contribution in [1.29, 1.82) is 0 Å². The monoisotopic (exact) mass is 233 g/mol. The molecule has 0 radical (unpaired) electrons. The predicted molar refractivity (Wildman–Crippen MR) is 71.2 cm³/mol. The summed E-state index contributed by atoms with van der Waals surface area (Å²) in [6, 6.07) is 8.83. The Balaban J connectivity index is 1.99. The molecule has 0 heterocycles. The fourth-order valence-corrected chi connectivity index (χ4v) is 2.72. The first-order valence-electron chi connectivity index (χ1n) is 6.77. The van der Waals surface area contributed by atoms with E-state index < -0.39 is 0 Å². The van der Waals surface area contributed by atoms with E-state index in [0.29, 0.717) is 12.0 Å². The third-order valence-electron chi connectivity index (χ3n) is 3.68. The Kier molecular flexibility index (Phi) is 4.43. The second-order valence-corrected chi connectivity index (χ2v) is 4.99. The van der Waals surface area contributed by atoms with E-state index >= 15 is 0 Å². The smallest absolute Gasteiger partial charge is 0.119 e. The van der Waals surface area contributed by atoms with Gasteiger partial charge in [-0.25, -0.2) is 0 Å². The van der Waals surface area contributed by atoms with Crippen molar-refractivity contribution >= 4 is 0 Å². The van der Waals surface area contributed by atoms with Crippen molar-refractivity contribution in [2.24, 2.45) is 11.7 Å². The molecule has 94 valence electrons. The lowest BCUT2D eigenvalue weighted by molar-refractivity contribution is 0.305. The Labute approximate surface area is 104 Å². The minimum atomic E-state index is 0.388.